The molecule has 26 heavy (non-hydrogen) atoms. The Morgan fingerprint density at radius 1 is 1.38 bits per heavy atom. The summed E-state index contributed by atoms with van der Waals surface area (Å²) in [5, 5.41) is 6.10. The van der Waals surface area contributed by atoms with Crippen LogP contribution in [0.3, 0.4) is 0 Å². The van der Waals surface area contributed by atoms with Gasteiger partial charge in [-0.3, -0.25) is 10.3 Å². The molecule has 2 aromatic heterocycles. The van der Waals surface area contributed by atoms with Crippen molar-refractivity contribution in [3.63, 3.8) is 0 Å². The number of carbonyl (C=O) groups is 1. The topological polar surface area (TPSA) is 76.1 Å². The largest absolute Gasteiger partial charge is 0.376 e. The Morgan fingerprint density at radius 2 is 2.15 bits per heavy atom. The number of ether oxygens (including phenoxy) is 1. The Morgan fingerprint density at radius 3 is 2.88 bits per heavy atom. The van der Waals surface area contributed by atoms with Gasteiger partial charge in [-0.2, -0.15) is 0 Å². The lowest BCUT2D eigenvalue weighted by atomic mass is 10.2. The summed E-state index contributed by atoms with van der Waals surface area (Å²) >= 11 is 1.36. The van der Waals surface area contributed by atoms with Gasteiger partial charge in [0.15, 0.2) is 5.13 Å². The Labute approximate surface area is 157 Å². The average Bonchev–Trinajstić information content (AvgIpc) is 3.40. The van der Waals surface area contributed by atoms with E-state index in [2.05, 4.69) is 32.4 Å². The smallest absolute Gasteiger partial charge is 0.321 e. The first-order valence-electron chi connectivity index (χ1n) is 8.66. The van der Waals surface area contributed by atoms with Crippen molar-refractivity contribution in [2.75, 3.05) is 18.5 Å². The second-order valence-corrected chi connectivity index (χ2v) is 7.34. The zero-order valence-corrected chi connectivity index (χ0v) is 15.7. The molecule has 136 valence electrons. The first-order chi connectivity index (χ1) is 12.6. The van der Waals surface area contributed by atoms with Gasteiger partial charge < -0.3 is 10.1 Å². The number of carbonyl (C=O) groups excluding carboxylic acids is 1. The fraction of sp³-hybridized carbons (Fsp3) is 0.421. The molecule has 2 amide bonds. The second-order valence-electron chi connectivity index (χ2n) is 6.34. The van der Waals surface area contributed by atoms with Crippen LogP contribution >= 0.6 is 11.3 Å². The van der Waals surface area contributed by atoms with Crippen molar-refractivity contribution in [1.82, 2.24) is 15.3 Å². The predicted octanol–water partition coefficient (Wildman–Crippen LogP) is 3.18. The van der Waals surface area contributed by atoms with Crippen molar-refractivity contribution in [3.8, 4) is 11.8 Å². The Balaban J connectivity index is 1.48. The van der Waals surface area contributed by atoms with Gasteiger partial charge in [0.25, 0.3) is 0 Å². The summed E-state index contributed by atoms with van der Waals surface area (Å²) in [4.78, 5) is 21.2. The van der Waals surface area contributed by atoms with Crippen molar-refractivity contribution >= 4 is 22.5 Å². The van der Waals surface area contributed by atoms with Crippen LogP contribution in [0.2, 0.25) is 0 Å². The average molecular weight is 370 g/mol. The Hall–Kier alpha value is -2.43. The minimum atomic E-state index is -0.283. The molecule has 6 nitrogen and oxygen atoms in total. The van der Waals surface area contributed by atoms with E-state index in [9.17, 15) is 4.79 Å². The standard InChI is InChI=1S/C19H22N4O2S/c1-13(25-12-16-3-4-16)11-21-18(24)23-19-22-14(2)17(26-19)6-5-15-7-9-20-10-8-15/h7-10,13,16H,3-4,11-12H2,1-2H3,(H2,21,22,23,24). The molecule has 0 saturated heterocycles. The minimum absolute atomic E-state index is 0.00108. The predicted molar refractivity (Wildman–Crippen MR) is 102 cm³/mol. The van der Waals surface area contributed by atoms with Gasteiger partial charge >= 0.3 is 6.03 Å². The SMILES string of the molecule is Cc1nc(NC(=O)NCC(C)OCC2CC2)sc1C#Cc1ccncc1. The molecular formula is C19H22N4O2S. The van der Waals surface area contributed by atoms with E-state index in [1.807, 2.05) is 26.0 Å². The molecule has 0 aliphatic heterocycles. The summed E-state index contributed by atoms with van der Waals surface area (Å²) in [6, 6.07) is 3.42. The highest BCUT2D eigenvalue weighted by atomic mass is 32.1. The molecule has 1 unspecified atom stereocenters. The van der Waals surface area contributed by atoms with E-state index in [-0.39, 0.29) is 12.1 Å². The fourth-order valence-corrected chi connectivity index (χ4v) is 2.97. The van der Waals surface area contributed by atoms with Crippen LogP contribution in [0.4, 0.5) is 9.93 Å². The molecule has 1 atom stereocenters. The number of thiazole rings is 1. The van der Waals surface area contributed by atoms with Crippen molar-refractivity contribution in [2.45, 2.75) is 32.8 Å². The van der Waals surface area contributed by atoms with E-state index >= 15 is 0 Å². The van der Waals surface area contributed by atoms with Crippen molar-refractivity contribution in [2.24, 2.45) is 5.92 Å². The number of hydrogen-bond acceptors (Lipinski definition) is 5. The van der Waals surface area contributed by atoms with Crippen LogP contribution < -0.4 is 10.6 Å². The summed E-state index contributed by atoms with van der Waals surface area (Å²) < 4.78 is 5.69. The Bertz CT molecular complexity index is 806. The van der Waals surface area contributed by atoms with Crippen molar-refractivity contribution in [3.05, 3.63) is 40.7 Å². The van der Waals surface area contributed by atoms with Gasteiger partial charge in [-0.25, -0.2) is 9.78 Å². The van der Waals surface area contributed by atoms with E-state index in [1.165, 1.54) is 24.2 Å². The highest BCUT2D eigenvalue weighted by molar-refractivity contribution is 7.16. The highest BCUT2D eigenvalue weighted by Gasteiger charge is 2.22. The van der Waals surface area contributed by atoms with Gasteiger partial charge in [0, 0.05) is 31.1 Å². The lowest BCUT2D eigenvalue weighted by Gasteiger charge is -2.13. The number of urea groups is 1. The summed E-state index contributed by atoms with van der Waals surface area (Å²) in [5.74, 6) is 6.88. The molecular weight excluding hydrogens is 348 g/mol. The number of aryl methyl sites for hydroxylation is 1. The molecule has 3 rings (SSSR count). The lowest BCUT2D eigenvalue weighted by Crippen LogP contribution is -2.35. The van der Waals surface area contributed by atoms with Crippen molar-refractivity contribution < 1.29 is 9.53 Å². The van der Waals surface area contributed by atoms with Crippen LogP contribution in [0.1, 0.15) is 35.9 Å². The molecule has 0 bridgehead atoms. The summed E-state index contributed by atoms with van der Waals surface area (Å²) in [7, 11) is 0. The third-order valence-electron chi connectivity index (χ3n) is 3.88. The van der Waals surface area contributed by atoms with Crippen LogP contribution in [-0.2, 0) is 4.74 Å². The van der Waals surface area contributed by atoms with E-state index in [4.69, 9.17) is 4.74 Å². The van der Waals surface area contributed by atoms with Gasteiger partial charge in [-0.1, -0.05) is 17.3 Å². The summed E-state index contributed by atoms with van der Waals surface area (Å²) in [6.45, 7) is 5.10. The molecule has 2 aromatic rings. The van der Waals surface area contributed by atoms with Crippen LogP contribution in [0, 0.1) is 24.7 Å². The maximum Gasteiger partial charge on any atom is 0.321 e. The first kappa shape index (κ1) is 18.4. The zero-order valence-electron chi connectivity index (χ0n) is 14.9. The van der Waals surface area contributed by atoms with Crippen LogP contribution in [0.25, 0.3) is 0 Å². The molecule has 2 heterocycles. The van der Waals surface area contributed by atoms with Gasteiger partial charge in [0.1, 0.15) is 4.88 Å². The molecule has 7 heteroatoms. The van der Waals surface area contributed by atoms with Crippen molar-refractivity contribution in [1.29, 1.82) is 0 Å². The van der Waals surface area contributed by atoms with E-state index < -0.39 is 0 Å². The molecule has 0 aromatic carbocycles. The molecule has 2 N–H and O–H groups in total. The number of hydrogen-bond donors (Lipinski definition) is 2. The highest BCUT2D eigenvalue weighted by Crippen LogP contribution is 2.29. The van der Waals surface area contributed by atoms with E-state index in [1.54, 1.807) is 12.4 Å². The van der Waals surface area contributed by atoms with Crippen LogP contribution in [0.15, 0.2) is 24.5 Å². The number of amides is 2. The summed E-state index contributed by atoms with van der Waals surface area (Å²) in [6.07, 6.45) is 5.93. The van der Waals surface area contributed by atoms with E-state index in [0.717, 1.165) is 28.7 Å². The minimum Gasteiger partial charge on any atom is -0.376 e. The maximum absolute atomic E-state index is 12.0. The number of nitrogens with one attached hydrogen (secondary N) is 2. The molecule has 1 aliphatic carbocycles. The number of nitrogens with zero attached hydrogens (tertiary/aromatic N) is 2. The van der Waals surface area contributed by atoms with Crippen LogP contribution in [-0.4, -0.2) is 35.3 Å². The zero-order chi connectivity index (χ0) is 18.4. The monoisotopic (exact) mass is 370 g/mol. The molecule has 0 spiro atoms. The fourth-order valence-electron chi connectivity index (χ4n) is 2.15. The lowest BCUT2D eigenvalue weighted by molar-refractivity contribution is 0.0601. The summed E-state index contributed by atoms with van der Waals surface area (Å²) in [5.41, 5.74) is 1.69. The Kier molecular flexibility index (Phi) is 6.21. The number of aromatic nitrogens is 2. The van der Waals surface area contributed by atoms with E-state index in [0.29, 0.717) is 11.7 Å². The molecule has 0 radical (unpaired) electrons. The molecule has 1 fully saturated rings. The first-order valence-corrected chi connectivity index (χ1v) is 9.47. The number of anilines is 1. The van der Waals surface area contributed by atoms with Crippen LogP contribution in [0.5, 0.6) is 0 Å². The van der Waals surface area contributed by atoms with Gasteiger partial charge in [-0.15, -0.1) is 0 Å². The quantitative estimate of drug-likeness (QED) is 0.766. The van der Waals surface area contributed by atoms with Gasteiger partial charge in [-0.05, 0) is 50.7 Å². The van der Waals surface area contributed by atoms with Gasteiger partial charge in [0.2, 0.25) is 0 Å². The number of rotatable bonds is 6. The second kappa shape index (κ2) is 8.79. The maximum atomic E-state index is 12.0. The number of pyridine rings is 1. The molecule has 1 saturated carbocycles. The normalized spacial score (nSPS) is 14.2. The third kappa shape index (κ3) is 5.83. The molecule has 1 aliphatic rings. The third-order valence-corrected chi connectivity index (χ3v) is 4.87. The van der Waals surface area contributed by atoms with Gasteiger partial charge in [0.05, 0.1) is 11.8 Å².